The number of carbonyl (C=O) groups excluding carboxylic acids is 3. The molecular weight excluding hydrogens is 829 g/mol. The fourth-order valence-corrected chi connectivity index (χ4v) is 8.91. The Morgan fingerprint density at radius 3 is 0.746 bits per heavy atom. The standard InChI is InChI=1S/C61H114O6/c1-4-7-10-13-16-19-22-25-28-31-34-36-39-42-45-48-51-54-60(63)66-57-58(67-61(64)55-52-49-46-43-40-37-33-30-27-24-21-18-15-12-9-6-3)56-65-59(62)53-50-47-44-41-38-35-32-29-26-23-20-17-14-11-8-5-2/h29-30,32-33,58H,4-28,31,34-57H2,1-3H3/b32-29-,33-30-/t58-/m1/s1. The zero-order valence-electron chi connectivity index (χ0n) is 45.2. The molecule has 0 saturated carbocycles. The highest BCUT2D eigenvalue weighted by Gasteiger charge is 2.19. The Morgan fingerprint density at radius 2 is 0.493 bits per heavy atom. The predicted molar refractivity (Wildman–Crippen MR) is 289 cm³/mol. The molecule has 0 rings (SSSR count). The van der Waals surface area contributed by atoms with Crippen molar-refractivity contribution in [2.75, 3.05) is 13.2 Å². The van der Waals surface area contributed by atoms with Gasteiger partial charge in [-0.1, -0.05) is 263 Å². The molecule has 0 aromatic rings. The maximum absolute atomic E-state index is 12.9. The van der Waals surface area contributed by atoms with E-state index in [1.54, 1.807) is 0 Å². The normalized spacial score (nSPS) is 12.1. The number of ether oxygens (including phenoxy) is 3. The van der Waals surface area contributed by atoms with Crippen molar-refractivity contribution in [3.63, 3.8) is 0 Å². The van der Waals surface area contributed by atoms with E-state index in [-0.39, 0.29) is 31.1 Å². The molecule has 0 spiro atoms. The van der Waals surface area contributed by atoms with Gasteiger partial charge in [-0.2, -0.15) is 0 Å². The summed E-state index contributed by atoms with van der Waals surface area (Å²) < 4.78 is 16.9. The van der Waals surface area contributed by atoms with Crippen LogP contribution < -0.4 is 0 Å². The summed E-state index contributed by atoms with van der Waals surface area (Å²) >= 11 is 0. The quantitative estimate of drug-likeness (QED) is 0.0262. The van der Waals surface area contributed by atoms with E-state index in [0.29, 0.717) is 19.3 Å². The molecule has 0 amide bonds. The molecule has 6 nitrogen and oxygen atoms in total. The first kappa shape index (κ1) is 64.9. The van der Waals surface area contributed by atoms with Gasteiger partial charge in [0.15, 0.2) is 6.10 Å². The third kappa shape index (κ3) is 54.7. The van der Waals surface area contributed by atoms with Crippen molar-refractivity contribution in [2.45, 2.75) is 335 Å². The number of esters is 3. The zero-order chi connectivity index (χ0) is 48.6. The van der Waals surface area contributed by atoms with E-state index in [2.05, 4.69) is 45.1 Å². The fourth-order valence-electron chi connectivity index (χ4n) is 8.91. The molecule has 0 bridgehead atoms. The second-order valence-corrected chi connectivity index (χ2v) is 20.3. The van der Waals surface area contributed by atoms with Gasteiger partial charge in [-0.15, -0.1) is 0 Å². The maximum Gasteiger partial charge on any atom is 0.306 e. The average Bonchev–Trinajstić information content (AvgIpc) is 3.33. The van der Waals surface area contributed by atoms with Crippen molar-refractivity contribution < 1.29 is 28.6 Å². The van der Waals surface area contributed by atoms with E-state index < -0.39 is 6.10 Å². The van der Waals surface area contributed by atoms with Crippen LogP contribution in [0.4, 0.5) is 0 Å². The molecule has 1 atom stereocenters. The fraction of sp³-hybridized carbons (Fsp3) is 0.885. The Kier molecular flexibility index (Phi) is 54.7. The monoisotopic (exact) mass is 943 g/mol. The highest BCUT2D eigenvalue weighted by molar-refractivity contribution is 5.71. The third-order valence-corrected chi connectivity index (χ3v) is 13.4. The van der Waals surface area contributed by atoms with E-state index >= 15 is 0 Å². The molecule has 394 valence electrons. The minimum Gasteiger partial charge on any atom is -0.462 e. The van der Waals surface area contributed by atoms with Crippen molar-refractivity contribution in [2.24, 2.45) is 0 Å². The van der Waals surface area contributed by atoms with Gasteiger partial charge in [-0.05, 0) is 70.6 Å². The van der Waals surface area contributed by atoms with Crippen LogP contribution in [0.2, 0.25) is 0 Å². The molecule has 0 aliphatic rings. The number of hydrogen-bond acceptors (Lipinski definition) is 6. The van der Waals surface area contributed by atoms with Crippen molar-refractivity contribution in [3.05, 3.63) is 24.3 Å². The van der Waals surface area contributed by atoms with Crippen LogP contribution in [0, 0.1) is 0 Å². The Morgan fingerprint density at radius 1 is 0.284 bits per heavy atom. The molecule has 0 saturated heterocycles. The van der Waals surface area contributed by atoms with E-state index in [4.69, 9.17) is 14.2 Å². The van der Waals surface area contributed by atoms with Crippen LogP contribution in [-0.2, 0) is 28.6 Å². The van der Waals surface area contributed by atoms with Crippen LogP contribution in [0.1, 0.15) is 329 Å². The lowest BCUT2D eigenvalue weighted by atomic mass is 10.0. The Balaban J connectivity index is 4.35. The average molecular weight is 944 g/mol. The number of unbranched alkanes of at least 4 members (excludes halogenated alkanes) is 40. The van der Waals surface area contributed by atoms with Crippen LogP contribution in [-0.4, -0.2) is 37.2 Å². The number of carbonyl (C=O) groups is 3. The summed E-state index contributed by atoms with van der Waals surface area (Å²) in [6, 6.07) is 0. The molecule has 0 aliphatic carbocycles. The molecule has 0 heterocycles. The van der Waals surface area contributed by atoms with Crippen LogP contribution in [0.3, 0.4) is 0 Å². The minimum absolute atomic E-state index is 0.0726. The van der Waals surface area contributed by atoms with Gasteiger partial charge in [-0.3, -0.25) is 14.4 Å². The minimum atomic E-state index is -0.775. The molecule has 67 heavy (non-hydrogen) atoms. The summed E-state index contributed by atoms with van der Waals surface area (Å²) in [5.41, 5.74) is 0. The first-order chi connectivity index (χ1) is 33.0. The SMILES string of the molecule is CCCCCCCCC/C=C\CCCCCCCC(=O)OC[C@H](COC(=O)CCCCCCCCCCCCCCCCCCC)OC(=O)CCCCCCC/C=C\CCCCCCCCC. The Labute approximate surface area is 417 Å². The number of allylic oxidation sites excluding steroid dienone is 4. The van der Waals surface area contributed by atoms with E-state index in [9.17, 15) is 14.4 Å². The van der Waals surface area contributed by atoms with Crippen LogP contribution in [0.25, 0.3) is 0 Å². The molecule has 0 fully saturated rings. The molecule has 0 aliphatic heterocycles. The first-order valence-electron chi connectivity index (χ1n) is 29.8. The van der Waals surface area contributed by atoms with Gasteiger partial charge in [-0.25, -0.2) is 0 Å². The van der Waals surface area contributed by atoms with E-state index in [0.717, 1.165) is 70.6 Å². The zero-order valence-corrected chi connectivity index (χ0v) is 45.2. The van der Waals surface area contributed by atoms with Gasteiger partial charge < -0.3 is 14.2 Å². The molecule has 6 heteroatoms. The van der Waals surface area contributed by atoms with E-state index in [1.807, 2.05) is 0 Å². The largest absolute Gasteiger partial charge is 0.462 e. The maximum atomic E-state index is 12.9. The van der Waals surface area contributed by atoms with Gasteiger partial charge in [0.05, 0.1) is 0 Å². The molecule has 0 aromatic carbocycles. The summed E-state index contributed by atoms with van der Waals surface area (Å²) in [6.45, 7) is 6.67. The van der Waals surface area contributed by atoms with Gasteiger partial charge in [0.2, 0.25) is 0 Å². The van der Waals surface area contributed by atoms with Gasteiger partial charge >= 0.3 is 17.9 Å². The highest BCUT2D eigenvalue weighted by Crippen LogP contribution is 2.17. The molecule has 0 aromatic heterocycles. The van der Waals surface area contributed by atoms with Crippen molar-refractivity contribution in [1.29, 1.82) is 0 Å². The van der Waals surface area contributed by atoms with E-state index in [1.165, 1.54) is 218 Å². The lowest BCUT2D eigenvalue weighted by Crippen LogP contribution is -2.30. The topological polar surface area (TPSA) is 78.9 Å². The molecule has 0 N–H and O–H groups in total. The number of rotatable bonds is 55. The Bertz CT molecular complexity index is 1080. The molecular formula is C61H114O6. The lowest BCUT2D eigenvalue weighted by Gasteiger charge is -2.18. The summed E-state index contributed by atoms with van der Waals surface area (Å²) in [7, 11) is 0. The van der Waals surface area contributed by atoms with Gasteiger partial charge in [0.1, 0.15) is 13.2 Å². The Hall–Kier alpha value is -2.11. The van der Waals surface area contributed by atoms with Crippen LogP contribution in [0.5, 0.6) is 0 Å². The van der Waals surface area contributed by atoms with Crippen LogP contribution >= 0.6 is 0 Å². The third-order valence-electron chi connectivity index (χ3n) is 13.4. The highest BCUT2D eigenvalue weighted by atomic mass is 16.6. The second kappa shape index (κ2) is 56.5. The summed E-state index contributed by atoms with van der Waals surface area (Å²) in [5, 5.41) is 0. The van der Waals surface area contributed by atoms with Crippen molar-refractivity contribution in [3.8, 4) is 0 Å². The molecule has 0 unspecified atom stereocenters. The lowest BCUT2D eigenvalue weighted by molar-refractivity contribution is -0.167. The van der Waals surface area contributed by atoms with Crippen molar-refractivity contribution in [1.82, 2.24) is 0 Å². The second-order valence-electron chi connectivity index (χ2n) is 20.3. The summed E-state index contributed by atoms with van der Waals surface area (Å²) in [6.07, 6.45) is 66.0. The summed E-state index contributed by atoms with van der Waals surface area (Å²) in [4.78, 5) is 38.2. The first-order valence-corrected chi connectivity index (χ1v) is 29.8. The van der Waals surface area contributed by atoms with Crippen LogP contribution in [0.15, 0.2) is 24.3 Å². The van der Waals surface area contributed by atoms with Gasteiger partial charge in [0.25, 0.3) is 0 Å². The smallest absolute Gasteiger partial charge is 0.306 e. The number of hydrogen-bond donors (Lipinski definition) is 0. The molecule has 0 radical (unpaired) electrons. The predicted octanol–water partition coefficient (Wildman–Crippen LogP) is 19.9. The van der Waals surface area contributed by atoms with Gasteiger partial charge in [0, 0.05) is 19.3 Å². The van der Waals surface area contributed by atoms with Crippen molar-refractivity contribution >= 4 is 17.9 Å². The summed E-state index contributed by atoms with van der Waals surface area (Å²) in [5.74, 6) is -0.868.